The predicted octanol–water partition coefficient (Wildman–Crippen LogP) is 1.62. The van der Waals surface area contributed by atoms with Gasteiger partial charge in [-0.1, -0.05) is 0 Å². The predicted molar refractivity (Wildman–Crippen MR) is 71.2 cm³/mol. The number of carbonyl (C=O) groups is 2. The standard InChI is InChI=1S/C14H23NO5/c1-12(2,3)20-11(17)15-14(10(16)18-4)7-13(8-14)5-6-19-9-13/h5-9H2,1-4H3,(H,15,17). The molecule has 0 unspecified atom stereocenters. The van der Waals surface area contributed by atoms with Gasteiger partial charge in [0.2, 0.25) is 0 Å². The van der Waals surface area contributed by atoms with Gasteiger partial charge in [-0.15, -0.1) is 0 Å². The van der Waals surface area contributed by atoms with Gasteiger partial charge in [0.15, 0.2) is 0 Å². The zero-order chi connectivity index (χ0) is 15.0. The Kier molecular flexibility index (Phi) is 3.71. The van der Waals surface area contributed by atoms with Crippen LogP contribution in [0.2, 0.25) is 0 Å². The van der Waals surface area contributed by atoms with Gasteiger partial charge in [0.25, 0.3) is 0 Å². The maximum atomic E-state index is 12.0. The number of hydrogen-bond donors (Lipinski definition) is 1. The summed E-state index contributed by atoms with van der Waals surface area (Å²) >= 11 is 0. The van der Waals surface area contributed by atoms with Crippen molar-refractivity contribution in [2.75, 3.05) is 20.3 Å². The second-order valence-corrected chi connectivity index (χ2v) is 6.86. The van der Waals surface area contributed by atoms with E-state index < -0.39 is 23.2 Å². The lowest BCUT2D eigenvalue weighted by molar-refractivity contribution is -0.160. The summed E-state index contributed by atoms with van der Waals surface area (Å²) in [6.07, 6.45) is 1.43. The summed E-state index contributed by atoms with van der Waals surface area (Å²) in [4.78, 5) is 23.9. The van der Waals surface area contributed by atoms with Crippen molar-refractivity contribution in [2.24, 2.45) is 5.41 Å². The Labute approximate surface area is 119 Å². The summed E-state index contributed by atoms with van der Waals surface area (Å²) < 4.78 is 15.5. The van der Waals surface area contributed by atoms with Crippen molar-refractivity contribution in [1.82, 2.24) is 5.32 Å². The highest BCUT2D eigenvalue weighted by Gasteiger charge is 2.61. The van der Waals surface area contributed by atoms with E-state index in [4.69, 9.17) is 14.2 Å². The largest absolute Gasteiger partial charge is 0.467 e. The van der Waals surface area contributed by atoms with E-state index in [0.717, 1.165) is 6.42 Å². The molecule has 0 aromatic heterocycles. The Morgan fingerprint density at radius 1 is 1.25 bits per heavy atom. The number of carbonyl (C=O) groups excluding carboxylic acids is 2. The monoisotopic (exact) mass is 285 g/mol. The number of ether oxygens (including phenoxy) is 3. The zero-order valence-electron chi connectivity index (χ0n) is 12.6. The van der Waals surface area contributed by atoms with E-state index in [0.29, 0.717) is 26.1 Å². The van der Waals surface area contributed by atoms with Crippen LogP contribution >= 0.6 is 0 Å². The Balaban J connectivity index is 2.03. The normalized spacial score (nSPS) is 32.6. The lowest BCUT2D eigenvalue weighted by Crippen LogP contribution is -2.67. The molecule has 1 spiro atoms. The molecule has 1 aliphatic carbocycles. The van der Waals surface area contributed by atoms with Crippen LogP contribution in [0.5, 0.6) is 0 Å². The first-order valence-electron chi connectivity index (χ1n) is 6.88. The van der Waals surface area contributed by atoms with Crippen molar-refractivity contribution in [3.05, 3.63) is 0 Å². The number of amides is 1. The summed E-state index contributed by atoms with van der Waals surface area (Å²) in [5.41, 5.74) is -1.56. The molecule has 6 nitrogen and oxygen atoms in total. The molecule has 0 bridgehead atoms. The molecule has 1 aliphatic heterocycles. The summed E-state index contributed by atoms with van der Waals surface area (Å²) in [6, 6.07) is 0. The van der Waals surface area contributed by atoms with E-state index in [2.05, 4.69) is 5.32 Å². The van der Waals surface area contributed by atoms with Crippen molar-refractivity contribution >= 4 is 12.1 Å². The van der Waals surface area contributed by atoms with Gasteiger partial charge in [-0.2, -0.15) is 0 Å². The van der Waals surface area contributed by atoms with E-state index in [9.17, 15) is 9.59 Å². The highest BCUT2D eigenvalue weighted by Crippen LogP contribution is 2.53. The van der Waals surface area contributed by atoms with Gasteiger partial charge in [0.05, 0.1) is 13.7 Å². The molecule has 0 aromatic rings. The van der Waals surface area contributed by atoms with Gasteiger partial charge in [-0.25, -0.2) is 9.59 Å². The average molecular weight is 285 g/mol. The van der Waals surface area contributed by atoms with E-state index in [-0.39, 0.29) is 5.41 Å². The molecule has 0 radical (unpaired) electrons. The number of alkyl carbamates (subject to hydrolysis) is 1. The Hall–Kier alpha value is -1.30. The molecular weight excluding hydrogens is 262 g/mol. The minimum atomic E-state index is -0.967. The molecule has 0 atom stereocenters. The molecule has 6 heteroatoms. The molecule has 1 N–H and O–H groups in total. The van der Waals surface area contributed by atoms with E-state index in [1.54, 1.807) is 20.8 Å². The lowest BCUT2D eigenvalue weighted by atomic mass is 9.57. The lowest BCUT2D eigenvalue weighted by Gasteiger charge is -2.51. The summed E-state index contributed by atoms with van der Waals surface area (Å²) in [5.74, 6) is -0.416. The Bertz CT molecular complexity index is 398. The first kappa shape index (κ1) is 15.1. The van der Waals surface area contributed by atoms with Crippen molar-refractivity contribution in [1.29, 1.82) is 0 Å². The van der Waals surface area contributed by atoms with Crippen molar-refractivity contribution in [3.8, 4) is 0 Å². The molecular formula is C14H23NO5. The maximum Gasteiger partial charge on any atom is 0.408 e. The highest BCUT2D eigenvalue weighted by molar-refractivity contribution is 5.87. The molecule has 1 saturated heterocycles. The third-order valence-corrected chi connectivity index (χ3v) is 3.85. The molecule has 1 amide bonds. The molecule has 0 aromatic carbocycles. The van der Waals surface area contributed by atoms with Crippen LogP contribution in [-0.4, -0.2) is 43.5 Å². The van der Waals surface area contributed by atoms with Crippen molar-refractivity contribution in [2.45, 2.75) is 51.2 Å². The maximum absolute atomic E-state index is 12.0. The van der Waals surface area contributed by atoms with E-state index in [1.807, 2.05) is 0 Å². The molecule has 2 rings (SSSR count). The second kappa shape index (κ2) is 4.91. The Morgan fingerprint density at radius 3 is 2.35 bits per heavy atom. The smallest absolute Gasteiger partial charge is 0.408 e. The van der Waals surface area contributed by atoms with Crippen LogP contribution in [0.1, 0.15) is 40.0 Å². The highest BCUT2D eigenvalue weighted by atomic mass is 16.6. The molecule has 2 aliphatic rings. The minimum Gasteiger partial charge on any atom is -0.467 e. The fourth-order valence-corrected chi connectivity index (χ4v) is 3.14. The topological polar surface area (TPSA) is 73.9 Å². The van der Waals surface area contributed by atoms with Gasteiger partial charge in [-0.3, -0.25) is 0 Å². The van der Waals surface area contributed by atoms with Crippen LogP contribution in [0.15, 0.2) is 0 Å². The van der Waals surface area contributed by atoms with Gasteiger partial charge in [0.1, 0.15) is 11.1 Å². The molecule has 2 fully saturated rings. The number of esters is 1. The fraction of sp³-hybridized carbons (Fsp3) is 0.857. The average Bonchev–Trinajstić information content (AvgIpc) is 2.73. The summed E-state index contributed by atoms with van der Waals surface area (Å²) in [5, 5.41) is 2.70. The van der Waals surface area contributed by atoms with Crippen LogP contribution < -0.4 is 5.32 Å². The third-order valence-electron chi connectivity index (χ3n) is 3.85. The van der Waals surface area contributed by atoms with Crippen LogP contribution in [0.25, 0.3) is 0 Å². The van der Waals surface area contributed by atoms with Crippen molar-refractivity contribution < 1.29 is 23.8 Å². The van der Waals surface area contributed by atoms with Gasteiger partial charge >= 0.3 is 12.1 Å². The van der Waals surface area contributed by atoms with Gasteiger partial charge in [-0.05, 0) is 40.0 Å². The SMILES string of the molecule is COC(=O)C1(NC(=O)OC(C)(C)C)CC2(CCOC2)C1. The zero-order valence-corrected chi connectivity index (χ0v) is 12.6. The van der Waals surface area contributed by atoms with Gasteiger partial charge in [0, 0.05) is 12.0 Å². The van der Waals surface area contributed by atoms with Crippen LogP contribution in [0, 0.1) is 5.41 Å². The van der Waals surface area contributed by atoms with E-state index >= 15 is 0 Å². The minimum absolute atomic E-state index is 0.00318. The van der Waals surface area contributed by atoms with Crippen LogP contribution in [-0.2, 0) is 19.0 Å². The molecule has 1 saturated carbocycles. The van der Waals surface area contributed by atoms with Crippen LogP contribution in [0.3, 0.4) is 0 Å². The number of rotatable bonds is 2. The number of nitrogens with one attached hydrogen (secondary N) is 1. The number of methoxy groups -OCH3 is 1. The molecule has 114 valence electrons. The second-order valence-electron chi connectivity index (χ2n) is 6.86. The summed E-state index contributed by atoms with van der Waals surface area (Å²) in [7, 11) is 1.33. The fourth-order valence-electron chi connectivity index (χ4n) is 3.14. The quantitative estimate of drug-likeness (QED) is 0.780. The first-order valence-corrected chi connectivity index (χ1v) is 6.88. The van der Waals surface area contributed by atoms with Crippen molar-refractivity contribution in [3.63, 3.8) is 0 Å². The van der Waals surface area contributed by atoms with Crippen LogP contribution in [0.4, 0.5) is 4.79 Å². The third kappa shape index (κ3) is 2.90. The molecule has 1 heterocycles. The summed E-state index contributed by atoms with van der Waals surface area (Å²) in [6.45, 7) is 6.70. The van der Waals surface area contributed by atoms with Gasteiger partial charge < -0.3 is 19.5 Å². The molecule has 20 heavy (non-hydrogen) atoms. The number of hydrogen-bond acceptors (Lipinski definition) is 5. The first-order chi connectivity index (χ1) is 9.20. The van der Waals surface area contributed by atoms with E-state index in [1.165, 1.54) is 7.11 Å². The Morgan fingerprint density at radius 2 is 1.90 bits per heavy atom.